The molecule has 5 heteroatoms. The fraction of sp³-hybridized carbons (Fsp3) is 0.545. The second kappa shape index (κ2) is 5.23. The first-order chi connectivity index (χ1) is 7.68. The minimum Gasteiger partial charge on any atom is -0.386 e. The fourth-order valence-electron chi connectivity index (χ4n) is 1.67. The van der Waals surface area contributed by atoms with Crippen LogP contribution in [0.15, 0.2) is 22.8 Å². The number of aromatic nitrogens is 1. The SMILES string of the molecule is OC1(CNCc2ccc(Br)cn2)CCOC1. The van der Waals surface area contributed by atoms with Crippen LogP contribution in [0, 0.1) is 0 Å². The predicted molar refractivity (Wildman–Crippen MR) is 64.0 cm³/mol. The highest BCUT2D eigenvalue weighted by molar-refractivity contribution is 9.10. The van der Waals surface area contributed by atoms with Crippen LogP contribution in [-0.4, -0.2) is 35.5 Å². The second-order valence-corrected chi connectivity index (χ2v) is 5.01. The Morgan fingerprint density at radius 2 is 2.44 bits per heavy atom. The lowest BCUT2D eigenvalue weighted by molar-refractivity contribution is 0.0268. The van der Waals surface area contributed by atoms with E-state index < -0.39 is 5.60 Å². The normalized spacial score (nSPS) is 24.9. The number of hydrogen-bond donors (Lipinski definition) is 2. The standard InChI is InChI=1S/C11H15BrN2O2/c12-9-1-2-10(14-5-9)6-13-7-11(15)3-4-16-8-11/h1-2,5,13,15H,3-4,6-8H2. The lowest BCUT2D eigenvalue weighted by Gasteiger charge is -2.20. The summed E-state index contributed by atoms with van der Waals surface area (Å²) in [6, 6.07) is 3.91. The average molecular weight is 287 g/mol. The smallest absolute Gasteiger partial charge is 0.103 e. The molecule has 2 rings (SSSR count). The molecule has 0 saturated carbocycles. The number of pyridine rings is 1. The van der Waals surface area contributed by atoms with Crippen molar-refractivity contribution in [3.8, 4) is 0 Å². The van der Waals surface area contributed by atoms with Gasteiger partial charge in [-0.15, -0.1) is 0 Å². The van der Waals surface area contributed by atoms with Crippen molar-refractivity contribution < 1.29 is 9.84 Å². The minimum atomic E-state index is -0.699. The first-order valence-corrected chi connectivity index (χ1v) is 6.09. The Morgan fingerprint density at radius 1 is 1.56 bits per heavy atom. The summed E-state index contributed by atoms with van der Waals surface area (Å²) in [5.74, 6) is 0. The highest BCUT2D eigenvalue weighted by Crippen LogP contribution is 2.17. The summed E-state index contributed by atoms with van der Waals surface area (Å²) in [5.41, 5.74) is 0.265. The van der Waals surface area contributed by atoms with Crippen LogP contribution in [0.5, 0.6) is 0 Å². The number of nitrogens with one attached hydrogen (secondary N) is 1. The Balaban J connectivity index is 1.77. The minimum absolute atomic E-state index is 0.424. The van der Waals surface area contributed by atoms with E-state index in [4.69, 9.17) is 4.74 Å². The van der Waals surface area contributed by atoms with E-state index in [0.29, 0.717) is 32.7 Å². The maximum absolute atomic E-state index is 10.00. The molecule has 1 aliphatic rings. The molecule has 1 atom stereocenters. The van der Waals surface area contributed by atoms with Gasteiger partial charge in [0.1, 0.15) is 5.60 Å². The Labute approximate surface area is 103 Å². The molecule has 0 amide bonds. The van der Waals surface area contributed by atoms with Crippen molar-refractivity contribution in [2.24, 2.45) is 0 Å². The molecule has 88 valence electrons. The quantitative estimate of drug-likeness (QED) is 0.870. The molecule has 4 nitrogen and oxygen atoms in total. The van der Waals surface area contributed by atoms with Crippen molar-refractivity contribution in [1.82, 2.24) is 10.3 Å². The molecule has 1 aliphatic heterocycles. The molecule has 0 spiro atoms. The summed E-state index contributed by atoms with van der Waals surface area (Å²) in [4.78, 5) is 4.24. The molecule has 0 bridgehead atoms. The largest absolute Gasteiger partial charge is 0.386 e. The van der Waals surface area contributed by atoms with E-state index in [0.717, 1.165) is 10.2 Å². The van der Waals surface area contributed by atoms with Crippen molar-refractivity contribution in [3.05, 3.63) is 28.5 Å². The molecular weight excluding hydrogens is 272 g/mol. The zero-order chi connectivity index (χ0) is 11.4. The number of nitrogens with zero attached hydrogens (tertiary/aromatic N) is 1. The van der Waals surface area contributed by atoms with Crippen molar-refractivity contribution in [3.63, 3.8) is 0 Å². The monoisotopic (exact) mass is 286 g/mol. The fourth-order valence-corrected chi connectivity index (χ4v) is 1.90. The van der Waals surface area contributed by atoms with Gasteiger partial charge >= 0.3 is 0 Å². The Kier molecular flexibility index (Phi) is 3.91. The number of ether oxygens (including phenoxy) is 1. The summed E-state index contributed by atoms with van der Waals surface area (Å²) in [7, 11) is 0. The van der Waals surface area contributed by atoms with E-state index in [1.807, 2.05) is 12.1 Å². The molecule has 0 aromatic carbocycles. The van der Waals surface area contributed by atoms with Gasteiger partial charge in [0.15, 0.2) is 0 Å². The van der Waals surface area contributed by atoms with Gasteiger partial charge in [-0.05, 0) is 28.1 Å². The number of halogens is 1. The van der Waals surface area contributed by atoms with E-state index in [1.54, 1.807) is 6.20 Å². The molecule has 1 aromatic rings. The molecule has 0 aliphatic carbocycles. The third-order valence-corrected chi connectivity index (χ3v) is 3.10. The topological polar surface area (TPSA) is 54.4 Å². The highest BCUT2D eigenvalue weighted by atomic mass is 79.9. The van der Waals surface area contributed by atoms with Crippen LogP contribution < -0.4 is 5.32 Å². The maximum Gasteiger partial charge on any atom is 0.103 e. The van der Waals surface area contributed by atoms with Gasteiger partial charge in [-0.2, -0.15) is 0 Å². The molecule has 0 radical (unpaired) electrons. The van der Waals surface area contributed by atoms with Gasteiger partial charge in [-0.3, -0.25) is 4.98 Å². The highest BCUT2D eigenvalue weighted by Gasteiger charge is 2.31. The van der Waals surface area contributed by atoms with Gasteiger partial charge in [-0.25, -0.2) is 0 Å². The lowest BCUT2D eigenvalue weighted by atomic mass is 10.0. The van der Waals surface area contributed by atoms with Crippen molar-refractivity contribution >= 4 is 15.9 Å². The van der Waals surface area contributed by atoms with Crippen molar-refractivity contribution in [2.75, 3.05) is 19.8 Å². The van der Waals surface area contributed by atoms with Crippen LogP contribution in [0.1, 0.15) is 12.1 Å². The van der Waals surface area contributed by atoms with Crippen LogP contribution in [0.25, 0.3) is 0 Å². The van der Waals surface area contributed by atoms with Crippen molar-refractivity contribution in [1.29, 1.82) is 0 Å². The summed E-state index contributed by atoms with van der Waals surface area (Å²) in [5, 5.41) is 13.2. The van der Waals surface area contributed by atoms with Crippen LogP contribution in [0.4, 0.5) is 0 Å². The number of hydrogen-bond acceptors (Lipinski definition) is 4. The lowest BCUT2D eigenvalue weighted by Crippen LogP contribution is -2.40. The average Bonchev–Trinajstić information content (AvgIpc) is 2.69. The second-order valence-electron chi connectivity index (χ2n) is 4.10. The van der Waals surface area contributed by atoms with Crippen molar-refractivity contribution in [2.45, 2.75) is 18.6 Å². The van der Waals surface area contributed by atoms with E-state index >= 15 is 0 Å². The predicted octanol–water partition coefficient (Wildman–Crippen LogP) is 1.09. The Bertz CT molecular complexity index is 336. The molecular formula is C11H15BrN2O2. The van der Waals surface area contributed by atoms with E-state index in [1.165, 1.54) is 0 Å². The van der Waals surface area contributed by atoms with Gasteiger partial charge in [0, 0.05) is 36.8 Å². The Morgan fingerprint density at radius 3 is 3.06 bits per heavy atom. The van der Waals surface area contributed by atoms with Crippen LogP contribution in [0.3, 0.4) is 0 Å². The van der Waals surface area contributed by atoms with E-state index in [-0.39, 0.29) is 0 Å². The number of aliphatic hydroxyl groups is 1. The zero-order valence-electron chi connectivity index (χ0n) is 8.95. The number of rotatable bonds is 4. The summed E-state index contributed by atoms with van der Waals surface area (Å²) >= 11 is 3.34. The van der Waals surface area contributed by atoms with E-state index in [2.05, 4.69) is 26.2 Å². The molecule has 1 unspecified atom stereocenters. The summed E-state index contributed by atoms with van der Waals surface area (Å²) in [6.07, 6.45) is 2.47. The van der Waals surface area contributed by atoms with Crippen LogP contribution >= 0.6 is 15.9 Å². The van der Waals surface area contributed by atoms with Gasteiger partial charge < -0.3 is 15.2 Å². The first kappa shape index (κ1) is 12.0. The molecule has 2 N–H and O–H groups in total. The molecule has 1 saturated heterocycles. The zero-order valence-corrected chi connectivity index (χ0v) is 10.5. The summed E-state index contributed by atoms with van der Waals surface area (Å²) in [6.45, 7) is 2.28. The van der Waals surface area contributed by atoms with Crippen LogP contribution in [0.2, 0.25) is 0 Å². The maximum atomic E-state index is 10.00. The van der Waals surface area contributed by atoms with Gasteiger partial charge in [0.05, 0.1) is 12.3 Å². The summed E-state index contributed by atoms with van der Waals surface area (Å²) < 4.78 is 6.14. The molecule has 2 heterocycles. The van der Waals surface area contributed by atoms with Gasteiger partial charge in [0.25, 0.3) is 0 Å². The molecule has 1 aromatic heterocycles. The third kappa shape index (κ3) is 3.25. The van der Waals surface area contributed by atoms with Gasteiger partial charge in [0.2, 0.25) is 0 Å². The Hall–Kier alpha value is -0.490. The first-order valence-electron chi connectivity index (χ1n) is 5.29. The van der Waals surface area contributed by atoms with Gasteiger partial charge in [-0.1, -0.05) is 0 Å². The third-order valence-electron chi connectivity index (χ3n) is 2.63. The van der Waals surface area contributed by atoms with Crippen LogP contribution in [-0.2, 0) is 11.3 Å². The molecule has 16 heavy (non-hydrogen) atoms. The van der Waals surface area contributed by atoms with E-state index in [9.17, 15) is 5.11 Å². The molecule has 1 fully saturated rings.